The fourth-order valence-electron chi connectivity index (χ4n) is 1.68. The molecule has 0 atom stereocenters. The van der Waals surface area contributed by atoms with Crippen LogP contribution in [-0.2, 0) is 16.6 Å². The molecule has 0 bridgehead atoms. The fourth-order valence-corrected chi connectivity index (χ4v) is 3.88. The van der Waals surface area contributed by atoms with Crippen LogP contribution >= 0.6 is 11.3 Å². The molecule has 0 saturated carbocycles. The number of aliphatic hydroxyl groups excluding tert-OH is 1. The summed E-state index contributed by atoms with van der Waals surface area (Å²) in [6.07, 6.45) is 0. The Hall–Kier alpha value is -1.77. The van der Waals surface area contributed by atoms with Gasteiger partial charge in [-0.05, 0) is 18.2 Å². The molecular formula is C13H15NO5S2. The topological polar surface area (TPSA) is 84.9 Å². The van der Waals surface area contributed by atoms with Gasteiger partial charge in [0.05, 0.1) is 31.4 Å². The molecule has 2 N–H and O–H groups in total. The van der Waals surface area contributed by atoms with Crippen molar-refractivity contribution in [1.29, 1.82) is 0 Å². The van der Waals surface area contributed by atoms with Crippen molar-refractivity contribution in [3.05, 3.63) is 34.5 Å². The Kier molecular flexibility index (Phi) is 4.71. The maximum atomic E-state index is 12.3. The molecule has 8 heteroatoms. The largest absolute Gasteiger partial charge is 0.497 e. The zero-order valence-corrected chi connectivity index (χ0v) is 13.1. The summed E-state index contributed by atoms with van der Waals surface area (Å²) in [7, 11) is -0.801. The summed E-state index contributed by atoms with van der Waals surface area (Å²) in [4.78, 5) is 0.675. The number of benzene rings is 1. The van der Waals surface area contributed by atoms with Crippen molar-refractivity contribution >= 4 is 27.0 Å². The van der Waals surface area contributed by atoms with Gasteiger partial charge in [-0.15, -0.1) is 11.3 Å². The molecule has 2 aromatic rings. The second kappa shape index (κ2) is 6.33. The lowest BCUT2D eigenvalue weighted by atomic mass is 10.3. The average Bonchev–Trinajstić information content (AvgIpc) is 2.96. The summed E-state index contributed by atoms with van der Waals surface area (Å²) >= 11 is 1.18. The third-order valence-electron chi connectivity index (χ3n) is 2.75. The summed E-state index contributed by atoms with van der Waals surface area (Å²) in [5.41, 5.74) is 0.286. The Morgan fingerprint density at radius 1 is 1.24 bits per heavy atom. The molecule has 0 fully saturated rings. The summed E-state index contributed by atoms with van der Waals surface area (Å²) in [5, 5.41) is 10.5. The van der Waals surface area contributed by atoms with E-state index in [1.807, 2.05) is 0 Å². The molecule has 21 heavy (non-hydrogen) atoms. The fraction of sp³-hybridized carbons (Fsp3) is 0.231. The minimum Gasteiger partial charge on any atom is -0.497 e. The van der Waals surface area contributed by atoms with Crippen molar-refractivity contribution in [2.75, 3.05) is 18.9 Å². The SMILES string of the molecule is COc1ccc(OC)c(NS(=O)(=O)c2csc(CO)c2)c1. The van der Waals surface area contributed by atoms with Gasteiger partial charge in [0.1, 0.15) is 11.5 Å². The predicted molar refractivity (Wildman–Crippen MR) is 80.6 cm³/mol. The molecule has 0 aliphatic heterocycles. The minimum absolute atomic E-state index is 0.0985. The van der Waals surface area contributed by atoms with Crippen LogP contribution in [0.1, 0.15) is 4.88 Å². The van der Waals surface area contributed by atoms with Crippen LogP contribution in [0, 0.1) is 0 Å². The zero-order chi connectivity index (χ0) is 15.5. The van der Waals surface area contributed by atoms with Crippen molar-refractivity contribution in [1.82, 2.24) is 0 Å². The maximum Gasteiger partial charge on any atom is 0.262 e. The van der Waals surface area contributed by atoms with Gasteiger partial charge < -0.3 is 14.6 Å². The number of aliphatic hydroxyl groups is 1. The highest BCUT2D eigenvalue weighted by atomic mass is 32.2. The van der Waals surface area contributed by atoms with E-state index in [2.05, 4.69) is 4.72 Å². The lowest BCUT2D eigenvalue weighted by molar-refractivity contribution is 0.285. The Morgan fingerprint density at radius 3 is 2.57 bits per heavy atom. The third-order valence-corrected chi connectivity index (χ3v) is 5.16. The Labute approximate surface area is 127 Å². The monoisotopic (exact) mass is 329 g/mol. The van der Waals surface area contributed by atoms with Crippen molar-refractivity contribution < 1.29 is 23.0 Å². The van der Waals surface area contributed by atoms with Crippen molar-refractivity contribution in [3.63, 3.8) is 0 Å². The molecule has 2 rings (SSSR count). The molecule has 1 aromatic heterocycles. The lowest BCUT2D eigenvalue weighted by Crippen LogP contribution is -2.13. The first-order valence-electron chi connectivity index (χ1n) is 5.93. The highest BCUT2D eigenvalue weighted by molar-refractivity contribution is 7.92. The van der Waals surface area contributed by atoms with Gasteiger partial charge in [0.25, 0.3) is 10.0 Å². The molecule has 0 saturated heterocycles. The van der Waals surface area contributed by atoms with Crippen molar-refractivity contribution in [2.45, 2.75) is 11.5 Å². The van der Waals surface area contributed by atoms with E-state index in [1.165, 1.54) is 43.1 Å². The number of sulfonamides is 1. The minimum atomic E-state index is -3.75. The molecule has 0 aliphatic carbocycles. The molecule has 0 radical (unpaired) electrons. The molecule has 114 valence electrons. The van der Waals surface area contributed by atoms with E-state index in [-0.39, 0.29) is 17.2 Å². The lowest BCUT2D eigenvalue weighted by Gasteiger charge is -2.12. The average molecular weight is 329 g/mol. The quantitative estimate of drug-likeness (QED) is 0.847. The Morgan fingerprint density at radius 2 is 2.00 bits per heavy atom. The van der Waals surface area contributed by atoms with Crippen LogP contribution in [0.2, 0.25) is 0 Å². The summed E-state index contributed by atoms with van der Waals surface area (Å²) in [5.74, 6) is 0.895. The first kappa shape index (κ1) is 15.6. The van der Waals surface area contributed by atoms with Gasteiger partial charge in [-0.3, -0.25) is 4.72 Å². The maximum absolute atomic E-state index is 12.3. The number of hydrogen-bond acceptors (Lipinski definition) is 6. The van der Waals surface area contributed by atoms with Crippen LogP contribution in [0.25, 0.3) is 0 Å². The van der Waals surface area contributed by atoms with Gasteiger partial charge in [-0.1, -0.05) is 0 Å². The molecular weight excluding hydrogens is 314 g/mol. The van der Waals surface area contributed by atoms with Gasteiger partial charge in [0, 0.05) is 16.3 Å². The molecule has 0 unspecified atom stereocenters. The van der Waals surface area contributed by atoms with Crippen molar-refractivity contribution in [3.8, 4) is 11.5 Å². The second-order valence-electron chi connectivity index (χ2n) is 4.08. The van der Waals surface area contributed by atoms with Gasteiger partial charge >= 0.3 is 0 Å². The number of nitrogens with one attached hydrogen (secondary N) is 1. The van der Waals surface area contributed by atoms with Crippen LogP contribution in [-0.4, -0.2) is 27.7 Å². The molecule has 1 aromatic carbocycles. The number of rotatable bonds is 6. The van der Waals surface area contributed by atoms with E-state index >= 15 is 0 Å². The normalized spacial score (nSPS) is 11.2. The number of thiophene rings is 1. The summed E-state index contributed by atoms with van der Waals surface area (Å²) in [6, 6.07) is 6.25. The van der Waals surface area contributed by atoms with Gasteiger partial charge in [-0.25, -0.2) is 8.42 Å². The van der Waals surface area contributed by atoms with Crippen molar-refractivity contribution in [2.24, 2.45) is 0 Å². The highest BCUT2D eigenvalue weighted by Crippen LogP contribution is 2.31. The third kappa shape index (κ3) is 3.46. The van der Waals surface area contributed by atoms with Crippen LogP contribution in [0.4, 0.5) is 5.69 Å². The van der Waals surface area contributed by atoms with Crippen LogP contribution in [0.3, 0.4) is 0 Å². The second-order valence-corrected chi connectivity index (χ2v) is 6.76. The first-order valence-corrected chi connectivity index (χ1v) is 8.29. The van der Waals surface area contributed by atoms with E-state index < -0.39 is 10.0 Å². The summed E-state index contributed by atoms with van der Waals surface area (Å²) in [6.45, 7) is -0.192. The van der Waals surface area contributed by atoms with Crippen LogP contribution in [0.5, 0.6) is 11.5 Å². The Bertz CT molecular complexity index is 724. The smallest absolute Gasteiger partial charge is 0.262 e. The van der Waals surface area contributed by atoms with E-state index in [0.717, 1.165) is 0 Å². The zero-order valence-electron chi connectivity index (χ0n) is 11.5. The number of ether oxygens (including phenoxy) is 2. The Balaban J connectivity index is 2.35. The van der Waals surface area contributed by atoms with Gasteiger partial charge in [-0.2, -0.15) is 0 Å². The van der Waals surface area contributed by atoms with E-state index in [4.69, 9.17) is 14.6 Å². The number of anilines is 1. The van der Waals surface area contributed by atoms with Crippen LogP contribution < -0.4 is 14.2 Å². The van der Waals surface area contributed by atoms with Crippen LogP contribution in [0.15, 0.2) is 34.5 Å². The predicted octanol–water partition coefficient (Wildman–Crippen LogP) is 2.06. The molecule has 6 nitrogen and oxygen atoms in total. The van der Waals surface area contributed by atoms with E-state index in [1.54, 1.807) is 12.1 Å². The van der Waals surface area contributed by atoms with Gasteiger partial charge in [0.2, 0.25) is 0 Å². The standard InChI is InChI=1S/C13H15NO5S2/c1-18-9-3-4-13(19-2)12(5-9)14-21(16,17)11-6-10(7-15)20-8-11/h3-6,8,14-15H,7H2,1-2H3. The number of hydrogen-bond donors (Lipinski definition) is 2. The summed E-state index contributed by atoms with van der Waals surface area (Å²) < 4.78 is 37.3. The van der Waals surface area contributed by atoms with E-state index in [9.17, 15) is 8.42 Å². The first-order chi connectivity index (χ1) is 10.00. The highest BCUT2D eigenvalue weighted by Gasteiger charge is 2.18. The van der Waals surface area contributed by atoms with E-state index in [0.29, 0.717) is 16.4 Å². The molecule has 0 spiro atoms. The molecule has 1 heterocycles. The number of methoxy groups -OCH3 is 2. The van der Waals surface area contributed by atoms with Gasteiger partial charge in [0.15, 0.2) is 0 Å². The molecule has 0 aliphatic rings. The molecule has 0 amide bonds.